The van der Waals surface area contributed by atoms with Crippen LogP contribution in [0.5, 0.6) is 0 Å². The van der Waals surface area contributed by atoms with E-state index >= 15 is 0 Å². The van der Waals surface area contributed by atoms with Crippen LogP contribution >= 0.6 is 0 Å². The second-order valence-corrected chi connectivity index (χ2v) is 6.08. The zero-order chi connectivity index (χ0) is 16.4. The van der Waals surface area contributed by atoms with Crippen LogP contribution in [-0.4, -0.2) is 43.1 Å². The Morgan fingerprint density at radius 3 is 2.74 bits per heavy atom. The number of piperidine rings is 1. The molecule has 23 heavy (non-hydrogen) atoms. The van der Waals surface area contributed by atoms with Crippen LogP contribution in [0.4, 0.5) is 4.39 Å². The maximum Gasteiger partial charge on any atom is 0.246 e. The Morgan fingerprint density at radius 2 is 2.04 bits per heavy atom. The second kappa shape index (κ2) is 6.44. The van der Waals surface area contributed by atoms with Crippen LogP contribution in [0, 0.1) is 5.82 Å². The van der Waals surface area contributed by atoms with E-state index in [4.69, 9.17) is 0 Å². The third-order valence-electron chi connectivity index (χ3n) is 4.29. The molecule has 1 aromatic heterocycles. The molecule has 0 bridgehead atoms. The van der Waals surface area contributed by atoms with E-state index in [-0.39, 0.29) is 30.4 Å². The highest BCUT2D eigenvalue weighted by Gasteiger charge is 2.29. The lowest BCUT2D eigenvalue weighted by Crippen LogP contribution is -2.48. The topological polar surface area (TPSA) is 63.9 Å². The number of aromatic nitrogens is 4. The van der Waals surface area contributed by atoms with Gasteiger partial charge in [-0.05, 0) is 50.5 Å². The fraction of sp³-hybridized carbons (Fsp3) is 0.500. The number of rotatable bonds is 3. The van der Waals surface area contributed by atoms with Crippen molar-refractivity contribution in [1.82, 2.24) is 25.1 Å². The number of halogens is 1. The molecule has 1 aromatic carbocycles. The predicted molar refractivity (Wildman–Crippen MR) is 82.8 cm³/mol. The van der Waals surface area contributed by atoms with Gasteiger partial charge < -0.3 is 4.90 Å². The molecule has 1 amide bonds. The number of tetrazole rings is 1. The summed E-state index contributed by atoms with van der Waals surface area (Å²) in [5, 5.41) is 12.0. The molecule has 0 radical (unpaired) electrons. The van der Waals surface area contributed by atoms with Crippen molar-refractivity contribution in [3.63, 3.8) is 0 Å². The number of likely N-dealkylation sites (tertiary alicyclic amines) is 1. The average Bonchev–Trinajstić information content (AvgIpc) is 2.95. The summed E-state index contributed by atoms with van der Waals surface area (Å²) in [5.74, 6) is -0.0455. The summed E-state index contributed by atoms with van der Waals surface area (Å²) in [6.07, 6.45) is 3.20. The summed E-state index contributed by atoms with van der Waals surface area (Å²) in [6.45, 7) is 4.19. The van der Waals surface area contributed by atoms with Crippen LogP contribution in [0.2, 0.25) is 0 Å². The Hall–Kier alpha value is -2.31. The maximum atomic E-state index is 13.3. The molecule has 3 rings (SSSR count). The first-order chi connectivity index (χ1) is 11.0. The van der Waals surface area contributed by atoms with E-state index in [1.165, 1.54) is 16.9 Å². The number of nitrogens with zero attached hydrogens (tertiary/aromatic N) is 5. The minimum absolute atomic E-state index is 0.00658. The first-order valence-electron chi connectivity index (χ1n) is 7.89. The molecule has 1 aliphatic rings. The van der Waals surface area contributed by atoms with Crippen LogP contribution in [0.3, 0.4) is 0 Å². The molecule has 2 aromatic rings. The molecular weight excluding hydrogens is 297 g/mol. The van der Waals surface area contributed by atoms with Gasteiger partial charge in [0.25, 0.3) is 0 Å². The van der Waals surface area contributed by atoms with Gasteiger partial charge in [-0.1, -0.05) is 12.1 Å². The van der Waals surface area contributed by atoms with Gasteiger partial charge in [-0.15, -0.1) is 10.2 Å². The quantitative estimate of drug-likeness (QED) is 0.871. The summed E-state index contributed by atoms with van der Waals surface area (Å²) in [7, 11) is 0. The van der Waals surface area contributed by atoms with Gasteiger partial charge >= 0.3 is 0 Å². The Morgan fingerprint density at radius 1 is 1.30 bits per heavy atom. The standard InChI is InChI=1S/C16H20FN5O/c1-11-5-3-6-12(2)22(11)15(23)10-21-19-16(18-20-21)13-7-4-8-14(17)9-13/h4,7-9,11-12H,3,5-6,10H2,1-2H3/t11-,12-/m1/s1. The van der Waals surface area contributed by atoms with Crippen LogP contribution in [-0.2, 0) is 11.3 Å². The molecule has 2 heterocycles. The highest BCUT2D eigenvalue weighted by Crippen LogP contribution is 2.22. The summed E-state index contributed by atoms with van der Waals surface area (Å²) in [6, 6.07) is 6.47. The molecule has 6 nitrogen and oxygen atoms in total. The smallest absolute Gasteiger partial charge is 0.246 e. The number of hydrogen-bond donors (Lipinski definition) is 0. The van der Waals surface area contributed by atoms with Gasteiger partial charge in [-0.3, -0.25) is 4.79 Å². The molecule has 7 heteroatoms. The van der Waals surface area contributed by atoms with Gasteiger partial charge in [0.1, 0.15) is 12.4 Å². The van der Waals surface area contributed by atoms with Gasteiger partial charge in [-0.25, -0.2) is 4.39 Å². The van der Waals surface area contributed by atoms with E-state index in [0.29, 0.717) is 11.4 Å². The van der Waals surface area contributed by atoms with Gasteiger partial charge in [0.2, 0.25) is 11.7 Å². The van der Waals surface area contributed by atoms with Crippen LogP contribution in [0.25, 0.3) is 11.4 Å². The zero-order valence-electron chi connectivity index (χ0n) is 13.3. The Kier molecular flexibility index (Phi) is 4.36. The molecule has 1 fully saturated rings. The van der Waals surface area contributed by atoms with Crippen molar-refractivity contribution in [2.75, 3.05) is 0 Å². The van der Waals surface area contributed by atoms with E-state index in [1.54, 1.807) is 12.1 Å². The maximum absolute atomic E-state index is 13.3. The highest BCUT2D eigenvalue weighted by molar-refractivity contribution is 5.76. The van der Waals surface area contributed by atoms with Gasteiger partial charge in [0.15, 0.2) is 0 Å². The van der Waals surface area contributed by atoms with E-state index in [0.717, 1.165) is 19.3 Å². The minimum atomic E-state index is -0.356. The molecule has 0 saturated carbocycles. The zero-order valence-corrected chi connectivity index (χ0v) is 13.3. The molecule has 0 spiro atoms. The number of hydrogen-bond acceptors (Lipinski definition) is 4. The summed E-state index contributed by atoms with van der Waals surface area (Å²) < 4.78 is 13.3. The van der Waals surface area contributed by atoms with E-state index in [9.17, 15) is 9.18 Å². The molecule has 122 valence electrons. The fourth-order valence-corrected chi connectivity index (χ4v) is 3.17. The number of carbonyl (C=O) groups is 1. The van der Waals surface area contributed by atoms with Crippen molar-refractivity contribution < 1.29 is 9.18 Å². The Balaban J connectivity index is 1.72. The van der Waals surface area contributed by atoms with Crippen LogP contribution in [0.1, 0.15) is 33.1 Å². The summed E-state index contributed by atoms with van der Waals surface area (Å²) in [5.41, 5.74) is 0.545. The Bertz CT molecular complexity index is 691. The average molecular weight is 317 g/mol. The second-order valence-electron chi connectivity index (χ2n) is 6.08. The lowest BCUT2D eigenvalue weighted by Gasteiger charge is -2.38. The normalized spacial score (nSPS) is 21.4. The third-order valence-corrected chi connectivity index (χ3v) is 4.29. The van der Waals surface area contributed by atoms with Crippen molar-refractivity contribution >= 4 is 5.91 Å². The van der Waals surface area contributed by atoms with Crippen LogP contribution in [0.15, 0.2) is 24.3 Å². The van der Waals surface area contributed by atoms with Crippen molar-refractivity contribution in [3.05, 3.63) is 30.1 Å². The molecule has 1 saturated heterocycles. The molecule has 0 unspecified atom stereocenters. The first-order valence-corrected chi connectivity index (χ1v) is 7.89. The Labute approximate surface area is 134 Å². The van der Waals surface area contributed by atoms with Gasteiger partial charge in [0, 0.05) is 17.6 Å². The predicted octanol–water partition coefficient (Wildman–Crippen LogP) is 2.27. The third kappa shape index (κ3) is 3.38. The molecule has 2 atom stereocenters. The van der Waals surface area contributed by atoms with E-state index in [1.807, 2.05) is 4.90 Å². The lowest BCUT2D eigenvalue weighted by molar-refractivity contribution is -0.138. The van der Waals surface area contributed by atoms with Crippen molar-refractivity contribution in [1.29, 1.82) is 0 Å². The highest BCUT2D eigenvalue weighted by atomic mass is 19.1. The largest absolute Gasteiger partial charge is 0.336 e. The lowest BCUT2D eigenvalue weighted by atomic mass is 9.97. The van der Waals surface area contributed by atoms with Gasteiger partial charge in [0.05, 0.1) is 0 Å². The SMILES string of the molecule is C[C@@H]1CCC[C@@H](C)N1C(=O)Cn1nnc(-c2cccc(F)c2)n1. The monoisotopic (exact) mass is 317 g/mol. The van der Waals surface area contributed by atoms with Crippen LogP contribution < -0.4 is 0 Å². The molecule has 0 N–H and O–H groups in total. The molecular formula is C16H20FN5O. The van der Waals surface area contributed by atoms with Crippen molar-refractivity contribution in [3.8, 4) is 11.4 Å². The number of amides is 1. The summed E-state index contributed by atoms with van der Waals surface area (Å²) >= 11 is 0. The van der Waals surface area contributed by atoms with E-state index in [2.05, 4.69) is 29.3 Å². The van der Waals surface area contributed by atoms with E-state index < -0.39 is 0 Å². The fourth-order valence-electron chi connectivity index (χ4n) is 3.17. The molecule has 1 aliphatic heterocycles. The van der Waals surface area contributed by atoms with Crippen molar-refractivity contribution in [2.45, 2.75) is 51.7 Å². The number of carbonyl (C=O) groups excluding carboxylic acids is 1. The number of benzene rings is 1. The molecule has 0 aliphatic carbocycles. The van der Waals surface area contributed by atoms with Gasteiger partial charge in [-0.2, -0.15) is 4.80 Å². The van der Waals surface area contributed by atoms with Crippen molar-refractivity contribution in [2.24, 2.45) is 0 Å². The minimum Gasteiger partial charge on any atom is -0.336 e. The summed E-state index contributed by atoms with van der Waals surface area (Å²) in [4.78, 5) is 15.7. The first kappa shape index (κ1) is 15.6.